The van der Waals surface area contributed by atoms with Crippen molar-refractivity contribution in [3.05, 3.63) is 10.4 Å². The first-order valence-electron chi connectivity index (χ1n) is 8.05. The number of hydrogen-bond acceptors (Lipinski definition) is 8. The van der Waals surface area contributed by atoms with Crippen molar-refractivity contribution in [1.29, 1.82) is 0 Å². The lowest BCUT2D eigenvalue weighted by Crippen LogP contribution is -2.52. The molecule has 0 rings (SSSR count). The molecule has 0 aromatic heterocycles. The molecule has 0 aliphatic rings. The molecule has 4 atom stereocenters. The molecule has 0 spiro atoms. The Labute approximate surface area is 142 Å². The minimum atomic E-state index is -1.27. The van der Waals surface area contributed by atoms with E-state index in [1.54, 1.807) is 0 Å². The van der Waals surface area contributed by atoms with Crippen LogP contribution in [-0.2, 0) is 9.68 Å². The number of aliphatic hydroxyl groups excluding tert-OH is 4. The molecule has 0 saturated heterocycles. The van der Waals surface area contributed by atoms with Gasteiger partial charge in [0, 0.05) is 0 Å². The van der Waals surface area contributed by atoms with E-state index in [1.807, 2.05) is 0 Å². The van der Waals surface area contributed by atoms with Crippen LogP contribution in [0.4, 0.5) is 0 Å². The minimum Gasteiger partial charge on any atom is -0.598 e. The summed E-state index contributed by atoms with van der Waals surface area (Å²) in [7, 11) is 0. The van der Waals surface area contributed by atoms with E-state index in [9.17, 15) is 30.8 Å². The van der Waals surface area contributed by atoms with Crippen molar-refractivity contribution in [3.8, 4) is 0 Å². The number of nitrogens with zero attached hydrogens (tertiary/aromatic N) is 2. The van der Waals surface area contributed by atoms with Crippen LogP contribution in [0.2, 0.25) is 0 Å². The van der Waals surface area contributed by atoms with Crippen molar-refractivity contribution in [2.24, 2.45) is 0 Å². The lowest BCUT2D eigenvalue weighted by atomic mass is 10.3. The molecular weight excluding hydrogens is 324 g/mol. The molecule has 0 heterocycles. The van der Waals surface area contributed by atoms with Gasteiger partial charge in [-0.1, -0.05) is 0 Å². The van der Waals surface area contributed by atoms with Crippen LogP contribution in [-0.4, -0.2) is 93.9 Å². The molecule has 10 nitrogen and oxygen atoms in total. The highest BCUT2D eigenvalue weighted by Gasteiger charge is 2.27. The summed E-state index contributed by atoms with van der Waals surface area (Å²) in [4.78, 5) is 7.69. The molecule has 4 unspecified atom stereocenters. The van der Waals surface area contributed by atoms with Gasteiger partial charge in [0.15, 0.2) is 0 Å². The predicted molar refractivity (Wildman–Crippen MR) is 85.4 cm³/mol. The first kappa shape index (κ1) is 23.6. The Balaban J connectivity index is 4.56. The number of aliphatic hydroxyl groups is 4. The number of hydrogen-bond donors (Lipinski definition) is 4. The van der Waals surface area contributed by atoms with Gasteiger partial charge in [0.25, 0.3) is 0 Å². The Bertz CT molecular complexity index is 287. The first-order chi connectivity index (χ1) is 10.9. The fourth-order valence-corrected chi connectivity index (χ4v) is 2.38. The van der Waals surface area contributed by atoms with Gasteiger partial charge in [-0.25, -0.2) is 9.62 Å². The molecule has 0 fully saturated rings. The highest BCUT2D eigenvalue weighted by atomic mass is 17.0. The molecule has 0 amide bonds. The van der Waals surface area contributed by atoms with Gasteiger partial charge in [-0.2, -0.15) is 9.68 Å². The number of rotatable bonds is 13. The third-order valence-corrected chi connectivity index (χ3v) is 2.91. The van der Waals surface area contributed by atoms with E-state index >= 15 is 0 Å². The van der Waals surface area contributed by atoms with Crippen LogP contribution in [0.3, 0.4) is 0 Å². The monoisotopic (exact) mass is 356 g/mol. The molecule has 0 bridgehead atoms. The summed E-state index contributed by atoms with van der Waals surface area (Å²) in [6.07, 6.45) is -3.71. The molecule has 0 aromatic rings. The van der Waals surface area contributed by atoms with Crippen LogP contribution in [0, 0.1) is 10.4 Å². The topological polar surface area (TPSA) is 146 Å². The second kappa shape index (κ2) is 10.6. The second-order valence-corrected chi connectivity index (χ2v) is 6.42. The summed E-state index contributed by atoms with van der Waals surface area (Å²) in [6.45, 7) is 4.13. The SMILES string of the molecule is CC(O)C[N+]([O-])(CC(C)O)OCCO[N+]([O-])(CC(C)O)CC(C)O. The van der Waals surface area contributed by atoms with Crippen LogP contribution < -0.4 is 0 Å². The lowest BCUT2D eigenvalue weighted by molar-refractivity contribution is -1.08. The number of quaternary nitrogens is 2. The summed E-state index contributed by atoms with van der Waals surface area (Å²) in [5, 5.41) is 62.2. The van der Waals surface area contributed by atoms with Gasteiger partial charge < -0.3 is 30.8 Å². The summed E-state index contributed by atoms with van der Waals surface area (Å²) >= 11 is 0. The van der Waals surface area contributed by atoms with Crippen LogP contribution >= 0.6 is 0 Å². The fourth-order valence-electron chi connectivity index (χ4n) is 2.38. The normalized spacial score (nSPS) is 22.2. The van der Waals surface area contributed by atoms with Crippen molar-refractivity contribution < 1.29 is 39.7 Å². The van der Waals surface area contributed by atoms with E-state index in [1.165, 1.54) is 27.7 Å². The zero-order valence-corrected chi connectivity index (χ0v) is 14.9. The molecule has 0 saturated carbocycles. The van der Waals surface area contributed by atoms with Gasteiger partial charge in [-0.05, 0) is 27.7 Å². The maximum absolute atomic E-state index is 12.4. The van der Waals surface area contributed by atoms with E-state index in [4.69, 9.17) is 9.68 Å². The Morgan fingerprint density at radius 1 is 0.625 bits per heavy atom. The lowest BCUT2D eigenvalue weighted by Gasteiger charge is -2.42. The molecule has 0 aromatic carbocycles. The minimum absolute atomic E-state index is 0.245. The molecule has 24 heavy (non-hydrogen) atoms. The smallest absolute Gasteiger partial charge is 0.136 e. The Morgan fingerprint density at radius 3 is 1.00 bits per heavy atom. The molecular formula is C14H32N2O8. The van der Waals surface area contributed by atoms with Crippen LogP contribution in [0.5, 0.6) is 0 Å². The average Bonchev–Trinajstić information content (AvgIpc) is 2.30. The van der Waals surface area contributed by atoms with E-state index in [0.29, 0.717) is 0 Å². The van der Waals surface area contributed by atoms with E-state index < -0.39 is 34.0 Å². The molecule has 0 aliphatic heterocycles. The van der Waals surface area contributed by atoms with Gasteiger partial charge in [0.1, 0.15) is 63.8 Å². The van der Waals surface area contributed by atoms with Gasteiger partial charge in [0.2, 0.25) is 0 Å². The van der Waals surface area contributed by atoms with E-state index in [0.717, 1.165) is 0 Å². The van der Waals surface area contributed by atoms with Crippen molar-refractivity contribution in [1.82, 2.24) is 0 Å². The Kier molecular flexibility index (Phi) is 10.4. The quantitative estimate of drug-likeness (QED) is 0.187. The highest BCUT2D eigenvalue weighted by Crippen LogP contribution is 2.12. The van der Waals surface area contributed by atoms with Crippen molar-refractivity contribution in [3.63, 3.8) is 0 Å². The van der Waals surface area contributed by atoms with Crippen molar-refractivity contribution >= 4 is 0 Å². The fraction of sp³-hybridized carbons (Fsp3) is 1.00. The summed E-state index contributed by atoms with van der Waals surface area (Å²) in [6, 6.07) is 0. The predicted octanol–water partition coefficient (Wildman–Crippen LogP) is -0.998. The molecule has 4 N–H and O–H groups in total. The maximum atomic E-state index is 12.4. The maximum Gasteiger partial charge on any atom is 0.136 e. The third kappa shape index (κ3) is 11.2. The highest BCUT2D eigenvalue weighted by molar-refractivity contribution is 4.50. The molecule has 146 valence electrons. The third-order valence-electron chi connectivity index (χ3n) is 2.91. The Morgan fingerprint density at radius 2 is 0.833 bits per heavy atom. The van der Waals surface area contributed by atoms with Crippen LogP contribution in [0.25, 0.3) is 0 Å². The summed E-state index contributed by atoms with van der Waals surface area (Å²) < 4.78 is 0. The molecule has 10 heteroatoms. The summed E-state index contributed by atoms with van der Waals surface area (Å²) in [5.74, 6) is 0. The molecule has 0 radical (unpaired) electrons. The Hall–Kier alpha value is -0.400. The van der Waals surface area contributed by atoms with Gasteiger partial charge in [-0.3, -0.25) is 0 Å². The largest absolute Gasteiger partial charge is 0.598 e. The zero-order valence-electron chi connectivity index (χ0n) is 14.9. The molecule has 0 aliphatic carbocycles. The van der Waals surface area contributed by atoms with E-state index in [2.05, 4.69) is 0 Å². The second-order valence-electron chi connectivity index (χ2n) is 6.42. The number of hydroxylamine groups is 8. The first-order valence-corrected chi connectivity index (χ1v) is 8.05. The average molecular weight is 356 g/mol. The van der Waals surface area contributed by atoms with Gasteiger partial charge in [-0.15, -0.1) is 0 Å². The summed E-state index contributed by atoms with van der Waals surface area (Å²) in [5.41, 5.74) is 0. The zero-order chi connectivity index (χ0) is 19.0. The van der Waals surface area contributed by atoms with Crippen LogP contribution in [0.15, 0.2) is 0 Å². The standard InChI is InChI=1S/C14H32N2O8/c1-11(17)7-15(21,8-12(2)18)23-5-6-24-16(22,9-13(3)19)10-14(4)20/h11-14,17-20H,5-10H2,1-4H3. The van der Waals surface area contributed by atoms with Gasteiger partial charge in [0.05, 0.1) is 0 Å². The van der Waals surface area contributed by atoms with E-state index in [-0.39, 0.29) is 39.4 Å². The van der Waals surface area contributed by atoms with Crippen molar-refractivity contribution in [2.75, 3.05) is 39.4 Å². The van der Waals surface area contributed by atoms with Crippen molar-refractivity contribution in [2.45, 2.75) is 52.1 Å². The van der Waals surface area contributed by atoms with Gasteiger partial charge >= 0.3 is 0 Å². The van der Waals surface area contributed by atoms with Crippen LogP contribution in [0.1, 0.15) is 27.7 Å².